The quantitative estimate of drug-likeness (QED) is 0.206. The van der Waals surface area contributed by atoms with E-state index in [-0.39, 0.29) is 66.1 Å². The fraction of sp³-hybridized carbons (Fsp3) is 0.452. The lowest BCUT2D eigenvalue weighted by Gasteiger charge is -2.43. The molecule has 4 aromatic rings. The number of nitrogens with one attached hydrogen (secondary N) is 1. The Kier molecular flexibility index (Phi) is 8.50. The number of thiazole rings is 1. The fourth-order valence-electron chi connectivity index (χ4n) is 5.60. The molecular formula is C31H32Cl2F2N6O5S. The SMILES string of the molecule is CC(C)(C)OC(=O)Nc1nc2c(-c3c(Cl)c4c5c(nc(Cl)nc5c3F)N3CCN(C(=O)OC(C)(C)C)C[C@@H]3CCO4)ccc(F)c2s1. The van der Waals surface area contributed by atoms with Crippen LogP contribution in [-0.2, 0) is 9.47 Å². The Hall–Kier alpha value is -3.75. The van der Waals surface area contributed by atoms with Gasteiger partial charge in [0, 0.05) is 37.2 Å². The third-order valence-electron chi connectivity index (χ3n) is 7.41. The van der Waals surface area contributed by atoms with Crippen molar-refractivity contribution in [2.45, 2.75) is 65.2 Å². The molecule has 0 aliphatic carbocycles. The van der Waals surface area contributed by atoms with Crippen molar-refractivity contribution >= 4 is 78.8 Å². The van der Waals surface area contributed by atoms with Gasteiger partial charge in [0.25, 0.3) is 0 Å². The number of benzene rings is 2. The summed E-state index contributed by atoms with van der Waals surface area (Å²) in [4.78, 5) is 42.0. The maximum absolute atomic E-state index is 16.7. The summed E-state index contributed by atoms with van der Waals surface area (Å²) in [5.74, 6) is -1.00. The number of halogens is 4. The van der Waals surface area contributed by atoms with Gasteiger partial charge in [0.1, 0.15) is 28.4 Å². The standard InChI is InChI=1S/C31H32Cl2F2N6O5S/c1-30(2,3)45-28(42)39-27-37-21-15(7-8-16(34)24(21)47-27)17-19(32)23-18-22(20(17)35)36-26(33)38-25(18)41-11-10-40(13-14(41)9-12-44-23)29(43)46-31(4,5)6/h7-8,14H,9-13H2,1-6H3,(H,37,39,42)/t14-/m0/s1. The predicted molar refractivity (Wildman–Crippen MR) is 177 cm³/mol. The van der Waals surface area contributed by atoms with E-state index in [0.29, 0.717) is 31.9 Å². The Morgan fingerprint density at radius 3 is 2.45 bits per heavy atom. The van der Waals surface area contributed by atoms with E-state index in [9.17, 15) is 9.59 Å². The van der Waals surface area contributed by atoms with E-state index in [1.807, 2.05) is 4.90 Å². The molecule has 0 spiro atoms. The Balaban J connectivity index is 1.45. The Labute approximate surface area is 283 Å². The summed E-state index contributed by atoms with van der Waals surface area (Å²) >= 11 is 14.2. The van der Waals surface area contributed by atoms with E-state index in [1.165, 1.54) is 12.1 Å². The third-order valence-corrected chi connectivity index (χ3v) is 8.92. The Bertz CT molecular complexity index is 1930. The summed E-state index contributed by atoms with van der Waals surface area (Å²) in [6, 6.07) is 2.28. The summed E-state index contributed by atoms with van der Waals surface area (Å²) in [5.41, 5.74) is -1.48. The van der Waals surface area contributed by atoms with Gasteiger partial charge in [-0.05, 0) is 65.3 Å². The molecule has 250 valence electrons. The molecule has 2 amide bonds. The molecule has 0 saturated carbocycles. The zero-order chi connectivity index (χ0) is 34.0. The van der Waals surface area contributed by atoms with Crippen LogP contribution < -0.4 is 15.0 Å². The molecule has 2 aliphatic rings. The predicted octanol–water partition coefficient (Wildman–Crippen LogP) is 8.05. The number of nitrogens with zero attached hydrogens (tertiary/aromatic N) is 5. The molecule has 0 bridgehead atoms. The summed E-state index contributed by atoms with van der Waals surface area (Å²) in [6.45, 7) is 11.7. The van der Waals surface area contributed by atoms with Crippen molar-refractivity contribution in [3.05, 3.63) is 34.1 Å². The van der Waals surface area contributed by atoms with Crippen LogP contribution >= 0.6 is 34.5 Å². The number of amides is 2. The highest BCUT2D eigenvalue weighted by atomic mass is 35.5. The lowest BCUT2D eigenvalue weighted by atomic mass is 9.99. The Morgan fingerprint density at radius 2 is 1.74 bits per heavy atom. The van der Waals surface area contributed by atoms with Crippen molar-refractivity contribution in [1.29, 1.82) is 0 Å². The molecule has 1 fully saturated rings. The number of hydrogen-bond donors (Lipinski definition) is 1. The fourth-order valence-corrected chi connectivity index (χ4v) is 6.98. The molecule has 2 aromatic carbocycles. The van der Waals surface area contributed by atoms with E-state index >= 15 is 8.78 Å². The number of fused-ring (bicyclic) bond motifs is 3. The van der Waals surface area contributed by atoms with E-state index in [1.54, 1.807) is 46.4 Å². The molecule has 4 heterocycles. The highest BCUT2D eigenvalue weighted by Gasteiger charge is 2.37. The van der Waals surface area contributed by atoms with Crippen molar-refractivity contribution in [3.8, 4) is 16.9 Å². The first kappa shape index (κ1) is 33.2. The van der Waals surface area contributed by atoms with Crippen LogP contribution in [-0.4, -0.2) is 75.5 Å². The number of hydrogen-bond acceptors (Lipinski definition) is 10. The first-order valence-corrected chi connectivity index (χ1v) is 16.4. The van der Waals surface area contributed by atoms with Crippen molar-refractivity contribution in [2.75, 3.05) is 36.5 Å². The van der Waals surface area contributed by atoms with Crippen LogP contribution in [0, 0.1) is 11.6 Å². The van der Waals surface area contributed by atoms with Crippen LogP contribution in [0.3, 0.4) is 0 Å². The van der Waals surface area contributed by atoms with Crippen molar-refractivity contribution < 1.29 is 32.6 Å². The van der Waals surface area contributed by atoms with Gasteiger partial charge in [0.2, 0.25) is 5.28 Å². The minimum Gasteiger partial charge on any atom is -0.491 e. The molecule has 0 unspecified atom stereocenters. The van der Waals surface area contributed by atoms with Crippen molar-refractivity contribution in [3.63, 3.8) is 0 Å². The van der Waals surface area contributed by atoms with Crippen molar-refractivity contribution in [2.24, 2.45) is 0 Å². The average Bonchev–Trinajstić information content (AvgIpc) is 3.37. The first-order chi connectivity index (χ1) is 22.0. The smallest absolute Gasteiger partial charge is 0.413 e. The van der Waals surface area contributed by atoms with E-state index in [2.05, 4.69) is 20.3 Å². The second-order valence-electron chi connectivity index (χ2n) is 13.2. The van der Waals surface area contributed by atoms with Gasteiger partial charge in [-0.15, -0.1) is 0 Å². The number of carbonyl (C=O) groups is 2. The van der Waals surface area contributed by atoms with Gasteiger partial charge in [0.05, 0.1) is 33.3 Å². The number of anilines is 2. The minimum atomic E-state index is -0.838. The second-order valence-corrected chi connectivity index (χ2v) is 14.9. The third kappa shape index (κ3) is 6.55. The number of piperazine rings is 1. The summed E-state index contributed by atoms with van der Waals surface area (Å²) in [7, 11) is 0. The molecule has 1 N–H and O–H groups in total. The lowest BCUT2D eigenvalue weighted by molar-refractivity contribution is 0.0207. The van der Waals surface area contributed by atoms with Gasteiger partial charge in [-0.2, -0.15) is 4.98 Å². The molecule has 0 radical (unpaired) electrons. The first-order valence-electron chi connectivity index (χ1n) is 14.9. The molecule has 1 saturated heterocycles. The zero-order valence-corrected chi connectivity index (χ0v) is 28.8. The Morgan fingerprint density at radius 1 is 1.02 bits per heavy atom. The molecule has 47 heavy (non-hydrogen) atoms. The number of ether oxygens (including phenoxy) is 3. The molecule has 2 aliphatic heterocycles. The monoisotopic (exact) mass is 708 g/mol. The average molecular weight is 710 g/mol. The summed E-state index contributed by atoms with van der Waals surface area (Å²) in [6.07, 6.45) is -0.734. The van der Waals surface area contributed by atoms with Crippen molar-refractivity contribution in [1.82, 2.24) is 19.9 Å². The lowest BCUT2D eigenvalue weighted by Crippen LogP contribution is -2.56. The molecule has 11 nitrogen and oxygen atoms in total. The number of carbonyl (C=O) groups excluding carboxylic acids is 2. The van der Waals surface area contributed by atoms with E-state index in [0.717, 1.165) is 11.3 Å². The largest absolute Gasteiger partial charge is 0.491 e. The van der Waals surface area contributed by atoms with Gasteiger partial charge in [0.15, 0.2) is 16.7 Å². The molecule has 6 rings (SSSR count). The van der Waals surface area contributed by atoms with Gasteiger partial charge >= 0.3 is 12.2 Å². The van der Waals surface area contributed by atoms with Gasteiger partial charge in [-0.3, -0.25) is 5.32 Å². The molecule has 16 heteroatoms. The van der Waals surface area contributed by atoms with E-state index in [4.69, 9.17) is 37.4 Å². The number of aromatic nitrogens is 3. The van der Waals surface area contributed by atoms with Crippen LogP contribution in [0.25, 0.3) is 32.2 Å². The molecular weight excluding hydrogens is 677 g/mol. The van der Waals surface area contributed by atoms with Crippen LogP contribution in [0.2, 0.25) is 10.3 Å². The summed E-state index contributed by atoms with van der Waals surface area (Å²) < 4.78 is 48.9. The van der Waals surface area contributed by atoms with Gasteiger partial charge in [-0.25, -0.2) is 28.3 Å². The normalized spacial score (nSPS) is 16.8. The topological polar surface area (TPSA) is 119 Å². The molecule has 2 aromatic heterocycles. The maximum atomic E-state index is 16.7. The van der Waals surface area contributed by atoms with Gasteiger partial charge in [-0.1, -0.05) is 22.9 Å². The van der Waals surface area contributed by atoms with Crippen LogP contribution in [0.5, 0.6) is 5.75 Å². The second kappa shape index (κ2) is 12.0. The van der Waals surface area contributed by atoms with Crippen LogP contribution in [0.1, 0.15) is 48.0 Å². The number of rotatable bonds is 2. The van der Waals surface area contributed by atoms with Crippen LogP contribution in [0.4, 0.5) is 29.3 Å². The molecule has 1 atom stereocenters. The maximum Gasteiger partial charge on any atom is 0.413 e. The highest BCUT2D eigenvalue weighted by molar-refractivity contribution is 7.22. The summed E-state index contributed by atoms with van der Waals surface area (Å²) in [5, 5.41) is 2.49. The van der Waals surface area contributed by atoms with Gasteiger partial charge < -0.3 is 24.0 Å². The highest BCUT2D eigenvalue weighted by Crippen LogP contribution is 2.49. The van der Waals surface area contributed by atoms with Crippen LogP contribution in [0.15, 0.2) is 12.1 Å². The van der Waals surface area contributed by atoms with E-state index < -0.39 is 35.0 Å². The minimum absolute atomic E-state index is 0.0491. The zero-order valence-electron chi connectivity index (χ0n) is 26.5.